The van der Waals surface area contributed by atoms with Gasteiger partial charge in [0.15, 0.2) is 5.16 Å². The Bertz CT molecular complexity index is 1110. The van der Waals surface area contributed by atoms with E-state index in [0.717, 1.165) is 33.3 Å². The number of pyridine rings is 1. The monoisotopic (exact) mass is 395 g/mol. The molecule has 0 aliphatic heterocycles. The molecule has 0 N–H and O–H groups in total. The highest BCUT2D eigenvalue weighted by Gasteiger charge is 2.13. The van der Waals surface area contributed by atoms with Gasteiger partial charge in [-0.25, -0.2) is 4.98 Å². The van der Waals surface area contributed by atoms with Crippen molar-refractivity contribution in [3.63, 3.8) is 0 Å². The Labute approximate surface area is 164 Å². The molecule has 5 nitrogen and oxygen atoms in total. The molecule has 0 fully saturated rings. The fourth-order valence-corrected chi connectivity index (χ4v) is 4.45. The fourth-order valence-electron chi connectivity index (χ4n) is 2.71. The number of ether oxygens (including phenoxy) is 1. The second-order valence-corrected chi connectivity index (χ2v) is 7.77. The van der Waals surface area contributed by atoms with Crippen LogP contribution < -0.4 is 10.3 Å². The zero-order valence-corrected chi connectivity index (χ0v) is 16.3. The SMILES string of the molecule is COc1ccc(Cn2c(SCc3ccncc3)nc3ccsc3c2=O)cc1. The predicted octanol–water partition coefficient (Wildman–Crippen LogP) is 4.20. The third-order valence-electron chi connectivity index (χ3n) is 4.15. The van der Waals surface area contributed by atoms with Gasteiger partial charge in [0, 0.05) is 18.1 Å². The van der Waals surface area contributed by atoms with Crippen LogP contribution in [0.3, 0.4) is 0 Å². The van der Waals surface area contributed by atoms with Gasteiger partial charge in [0.05, 0.1) is 19.2 Å². The van der Waals surface area contributed by atoms with Gasteiger partial charge in [0.25, 0.3) is 5.56 Å². The van der Waals surface area contributed by atoms with Crippen LogP contribution in [-0.2, 0) is 12.3 Å². The Morgan fingerprint density at radius 2 is 1.85 bits per heavy atom. The lowest BCUT2D eigenvalue weighted by atomic mass is 10.2. The van der Waals surface area contributed by atoms with Gasteiger partial charge in [-0.1, -0.05) is 23.9 Å². The van der Waals surface area contributed by atoms with Crippen molar-refractivity contribution in [3.8, 4) is 5.75 Å². The van der Waals surface area contributed by atoms with Crippen molar-refractivity contribution in [2.75, 3.05) is 7.11 Å². The molecule has 0 saturated heterocycles. The van der Waals surface area contributed by atoms with Crippen molar-refractivity contribution in [2.45, 2.75) is 17.5 Å². The highest BCUT2D eigenvalue weighted by atomic mass is 32.2. The summed E-state index contributed by atoms with van der Waals surface area (Å²) < 4.78 is 7.66. The van der Waals surface area contributed by atoms with E-state index in [1.165, 1.54) is 11.3 Å². The van der Waals surface area contributed by atoms with E-state index in [9.17, 15) is 4.79 Å². The summed E-state index contributed by atoms with van der Waals surface area (Å²) in [5.41, 5.74) is 2.93. The van der Waals surface area contributed by atoms with E-state index in [4.69, 9.17) is 9.72 Å². The highest BCUT2D eigenvalue weighted by Crippen LogP contribution is 2.24. The number of thiophene rings is 1. The fraction of sp³-hybridized carbons (Fsp3) is 0.150. The first kappa shape index (κ1) is 17.8. The molecule has 0 aliphatic rings. The molecule has 0 spiro atoms. The summed E-state index contributed by atoms with van der Waals surface area (Å²) in [5.74, 6) is 1.53. The summed E-state index contributed by atoms with van der Waals surface area (Å²) in [6, 6.07) is 13.6. The molecule has 4 rings (SSSR count). The van der Waals surface area contributed by atoms with E-state index < -0.39 is 0 Å². The second kappa shape index (κ2) is 7.94. The largest absolute Gasteiger partial charge is 0.497 e. The summed E-state index contributed by atoms with van der Waals surface area (Å²) in [7, 11) is 1.64. The number of benzene rings is 1. The lowest BCUT2D eigenvalue weighted by molar-refractivity contribution is 0.414. The highest BCUT2D eigenvalue weighted by molar-refractivity contribution is 7.98. The first-order valence-corrected chi connectivity index (χ1v) is 10.2. The Morgan fingerprint density at radius 3 is 2.59 bits per heavy atom. The average Bonchev–Trinajstić information content (AvgIpc) is 3.19. The molecule has 0 aliphatic carbocycles. The summed E-state index contributed by atoms with van der Waals surface area (Å²) in [4.78, 5) is 21.8. The lowest BCUT2D eigenvalue weighted by Gasteiger charge is -2.12. The van der Waals surface area contributed by atoms with Gasteiger partial charge in [-0.05, 0) is 46.8 Å². The first-order chi connectivity index (χ1) is 13.2. The molecule has 0 amide bonds. The Morgan fingerprint density at radius 1 is 1.07 bits per heavy atom. The van der Waals surface area contributed by atoms with Crippen LogP contribution in [0, 0.1) is 0 Å². The van der Waals surface area contributed by atoms with Gasteiger partial charge in [-0.3, -0.25) is 14.3 Å². The van der Waals surface area contributed by atoms with Crippen LogP contribution in [-0.4, -0.2) is 21.6 Å². The Hall–Kier alpha value is -2.64. The minimum Gasteiger partial charge on any atom is -0.497 e. The van der Waals surface area contributed by atoms with E-state index >= 15 is 0 Å². The van der Waals surface area contributed by atoms with Crippen molar-refractivity contribution in [1.29, 1.82) is 0 Å². The molecular formula is C20H17N3O2S2. The zero-order valence-electron chi connectivity index (χ0n) is 14.7. The number of rotatable bonds is 6. The predicted molar refractivity (Wildman–Crippen MR) is 110 cm³/mol. The quantitative estimate of drug-likeness (QED) is 0.362. The van der Waals surface area contributed by atoms with Gasteiger partial charge in [-0.2, -0.15) is 0 Å². The minimum atomic E-state index is 0.00282. The van der Waals surface area contributed by atoms with Gasteiger partial charge >= 0.3 is 0 Å². The molecule has 4 aromatic rings. The molecular weight excluding hydrogens is 378 g/mol. The standard InChI is InChI=1S/C20H17N3O2S2/c1-25-16-4-2-14(3-5-16)12-23-19(24)18-17(8-11-26-18)22-20(23)27-13-15-6-9-21-10-7-15/h2-11H,12-13H2,1H3. The normalized spacial score (nSPS) is 11.0. The van der Waals surface area contributed by atoms with Crippen LogP contribution in [0.4, 0.5) is 0 Å². The first-order valence-electron chi connectivity index (χ1n) is 8.37. The molecule has 0 bridgehead atoms. The summed E-state index contributed by atoms with van der Waals surface area (Å²) >= 11 is 3.00. The van der Waals surface area contributed by atoms with Gasteiger partial charge in [0.2, 0.25) is 0 Å². The number of aromatic nitrogens is 3. The molecule has 0 radical (unpaired) electrons. The van der Waals surface area contributed by atoms with E-state index in [1.54, 1.807) is 35.8 Å². The van der Waals surface area contributed by atoms with Gasteiger partial charge in [-0.15, -0.1) is 11.3 Å². The van der Waals surface area contributed by atoms with E-state index in [1.807, 2.05) is 47.8 Å². The Kier molecular flexibility index (Phi) is 5.22. The molecule has 27 heavy (non-hydrogen) atoms. The maximum atomic E-state index is 13.0. The number of nitrogens with zero attached hydrogens (tertiary/aromatic N) is 3. The third kappa shape index (κ3) is 3.89. The van der Waals surface area contributed by atoms with Crippen molar-refractivity contribution in [2.24, 2.45) is 0 Å². The molecule has 3 aromatic heterocycles. The lowest BCUT2D eigenvalue weighted by Crippen LogP contribution is -2.23. The van der Waals surface area contributed by atoms with Crippen LogP contribution in [0.15, 0.2) is 70.2 Å². The molecule has 136 valence electrons. The van der Waals surface area contributed by atoms with Crippen LogP contribution in [0.5, 0.6) is 5.75 Å². The number of hydrogen-bond donors (Lipinski definition) is 0. The summed E-state index contributed by atoms with van der Waals surface area (Å²) in [6.07, 6.45) is 3.55. The number of hydrogen-bond acceptors (Lipinski definition) is 6. The molecule has 0 saturated carbocycles. The van der Waals surface area contributed by atoms with Crippen molar-refractivity contribution >= 4 is 33.3 Å². The van der Waals surface area contributed by atoms with Crippen LogP contribution in [0.1, 0.15) is 11.1 Å². The number of thioether (sulfide) groups is 1. The van der Waals surface area contributed by atoms with Gasteiger partial charge < -0.3 is 4.74 Å². The van der Waals surface area contributed by atoms with Crippen LogP contribution >= 0.6 is 23.1 Å². The van der Waals surface area contributed by atoms with Crippen LogP contribution in [0.2, 0.25) is 0 Å². The van der Waals surface area contributed by atoms with Crippen molar-refractivity contribution in [1.82, 2.24) is 14.5 Å². The zero-order chi connectivity index (χ0) is 18.6. The molecule has 0 atom stereocenters. The summed E-state index contributed by atoms with van der Waals surface area (Å²) in [6.45, 7) is 0.475. The third-order valence-corrected chi connectivity index (χ3v) is 6.09. The molecule has 0 unspecified atom stereocenters. The smallest absolute Gasteiger partial charge is 0.272 e. The second-order valence-electron chi connectivity index (χ2n) is 5.91. The van der Waals surface area contributed by atoms with E-state index in [2.05, 4.69) is 4.98 Å². The van der Waals surface area contributed by atoms with E-state index in [-0.39, 0.29) is 5.56 Å². The van der Waals surface area contributed by atoms with Crippen LogP contribution in [0.25, 0.3) is 10.2 Å². The number of methoxy groups -OCH3 is 1. The topological polar surface area (TPSA) is 57.0 Å². The Balaban J connectivity index is 1.69. The molecule has 3 heterocycles. The van der Waals surface area contributed by atoms with E-state index in [0.29, 0.717) is 11.2 Å². The minimum absolute atomic E-state index is 0.00282. The maximum Gasteiger partial charge on any atom is 0.272 e. The maximum absolute atomic E-state index is 13.0. The van der Waals surface area contributed by atoms with Crippen molar-refractivity contribution in [3.05, 3.63) is 81.7 Å². The molecule has 7 heteroatoms. The molecule has 1 aromatic carbocycles. The number of fused-ring (bicyclic) bond motifs is 1. The average molecular weight is 396 g/mol. The summed E-state index contributed by atoms with van der Waals surface area (Å²) in [5, 5.41) is 2.63. The van der Waals surface area contributed by atoms with Crippen molar-refractivity contribution < 1.29 is 4.74 Å². The van der Waals surface area contributed by atoms with Gasteiger partial charge in [0.1, 0.15) is 10.4 Å².